The number of nitrogens with two attached hydrogens (primary N) is 1. The maximum Gasteiger partial charge on any atom is 0.208 e. The number of thiocarbonyl (C=S) groups is 1. The highest BCUT2D eigenvalue weighted by Crippen LogP contribution is 2.37. The molecule has 0 aromatic carbocycles. The van der Waals surface area contributed by atoms with E-state index in [4.69, 9.17) is 27.4 Å². The van der Waals surface area contributed by atoms with Crippen LogP contribution >= 0.6 is 12.2 Å². The Morgan fingerprint density at radius 3 is 3.11 bits per heavy atom. The molecule has 2 atom stereocenters. The maximum atomic E-state index is 5.90. The Hall–Kier alpha value is -1.05. The lowest BCUT2D eigenvalue weighted by atomic mass is 9.90. The summed E-state index contributed by atoms with van der Waals surface area (Å²) in [6.45, 7) is 2.19. The summed E-state index contributed by atoms with van der Waals surface area (Å²) in [5, 5.41) is 4.33. The van der Waals surface area contributed by atoms with Gasteiger partial charge in [-0.3, -0.25) is 0 Å². The van der Waals surface area contributed by atoms with Crippen LogP contribution in [0.4, 0.5) is 0 Å². The minimum absolute atomic E-state index is 0.127. The third kappa shape index (κ3) is 2.13. The zero-order valence-electron chi connectivity index (χ0n) is 10.0. The first-order chi connectivity index (χ1) is 8.69. The van der Waals surface area contributed by atoms with E-state index in [9.17, 15) is 0 Å². The van der Waals surface area contributed by atoms with Gasteiger partial charge < -0.3 is 15.2 Å². The fraction of sp³-hybridized carbons (Fsp3) is 0.727. The molecule has 1 aromatic rings. The fourth-order valence-corrected chi connectivity index (χ4v) is 2.75. The van der Waals surface area contributed by atoms with Gasteiger partial charge in [0.25, 0.3) is 0 Å². The minimum atomic E-state index is -0.127. The van der Waals surface area contributed by atoms with Crippen LogP contribution in [-0.4, -0.2) is 45.2 Å². The summed E-state index contributed by atoms with van der Waals surface area (Å²) < 4.78 is 13.2. The highest BCUT2D eigenvalue weighted by Gasteiger charge is 2.41. The molecular weight excluding hydrogens is 252 g/mol. The third-order valence-electron chi connectivity index (χ3n) is 3.64. The Bertz CT molecular complexity index is 456. The van der Waals surface area contributed by atoms with E-state index in [1.165, 1.54) is 0 Å². The lowest BCUT2D eigenvalue weighted by Gasteiger charge is -2.36. The smallest absolute Gasteiger partial charge is 0.208 e. The largest absolute Gasteiger partial charge is 0.387 e. The van der Waals surface area contributed by atoms with Gasteiger partial charge in [-0.05, 0) is 6.42 Å². The van der Waals surface area contributed by atoms with Gasteiger partial charge in [-0.25, -0.2) is 9.67 Å². The molecule has 2 aliphatic heterocycles. The van der Waals surface area contributed by atoms with E-state index < -0.39 is 0 Å². The summed E-state index contributed by atoms with van der Waals surface area (Å²) in [7, 11) is 0. The van der Waals surface area contributed by atoms with Gasteiger partial charge in [-0.1, -0.05) is 12.2 Å². The average molecular weight is 268 g/mol. The van der Waals surface area contributed by atoms with Crippen LogP contribution in [0, 0.1) is 0 Å². The lowest BCUT2D eigenvalue weighted by molar-refractivity contribution is -0.0963. The first-order valence-corrected chi connectivity index (χ1v) is 6.52. The summed E-state index contributed by atoms with van der Waals surface area (Å²) in [5.41, 5.74) is 5.39. The molecule has 18 heavy (non-hydrogen) atoms. The molecule has 2 saturated heterocycles. The Balaban J connectivity index is 1.76. The van der Waals surface area contributed by atoms with Crippen molar-refractivity contribution >= 4 is 17.2 Å². The van der Waals surface area contributed by atoms with Gasteiger partial charge in [0, 0.05) is 26.1 Å². The number of aromatic nitrogens is 3. The van der Waals surface area contributed by atoms with Gasteiger partial charge in [0.15, 0.2) is 0 Å². The Morgan fingerprint density at radius 2 is 2.44 bits per heavy atom. The first-order valence-electron chi connectivity index (χ1n) is 6.11. The number of hydrogen-bond donors (Lipinski definition) is 1. The summed E-state index contributed by atoms with van der Waals surface area (Å²) in [6, 6.07) is 0.288. The topological polar surface area (TPSA) is 75.2 Å². The van der Waals surface area contributed by atoms with E-state index in [-0.39, 0.29) is 16.6 Å². The second-order valence-corrected chi connectivity index (χ2v) is 5.33. The van der Waals surface area contributed by atoms with E-state index in [0.717, 1.165) is 32.5 Å². The van der Waals surface area contributed by atoms with Crippen LogP contribution in [0.2, 0.25) is 0 Å². The Labute approximate surface area is 110 Å². The highest BCUT2D eigenvalue weighted by atomic mass is 32.1. The monoisotopic (exact) mass is 268 g/mol. The SMILES string of the molecule is NC(=S)c1ncn(C2CCOC3(CCOC3)C2)n1. The quantitative estimate of drug-likeness (QED) is 0.784. The molecule has 2 aliphatic rings. The van der Waals surface area contributed by atoms with Crippen LogP contribution in [-0.2, 0) is 9.47 Å². The van der Waals surface area contributed by atoms with Crippen molar-refractivity contribution < 1.29 is 9.47 Å². The van der Waals surface area contributed by atoms with Gasteiger partial charge in [0.1, 0.15) is 11.3 Å². The van der Waals surface area contributed by atoms with Gasteiger partial charge in [-0.2, -0.15) is 0 Å². The van der Waals surface area contributed by atoms with Gasteiger partial charge >= 0.3 is 0 Å². The molecule has 6 nitrogen and oxygen atoms in total. The zero-order valence-corrected chi connectivity index (χ0v) is 10.9. The minimum Gasteiger partial charge on any atom is -0.387 e. The fourth-order valence-electron chi connectivity index (χ4n) is 2.65. The predicted octanol–water partition coefficient (Wildman–Crippen LogP) is 0.423. The molecule has 0 amide bonds. The predicted molar refractivity (Wildman–Crippen MR) is 68.3 cm³/mol. The number of nitrogens with zero attached hydrogens (tertiary/aromatic N) is 3. The molecule has 1 aromatic heterocycles. The summed E-state index contributed by atoms with van der Waals surface area (Å²) in [6.07, 6.45) is 4.50. The molecule has 2 N–H and O–H groups in total. The second kappa shape index (κ2) is 4.56. The lowest BCUT2D eigenvalue weighted by Crippen LogP contribution is -2.41. The molecule has 3 heterocycles. The maximum absolute atomic E-state index is 5.90. The van der Waals surface area contributed by atoms with Crippen LogP contribution in [0.3, 0.4) is 0 Å². The molecule has 2 unspecified atom stereocenters. The van der Waals surface area contributed by atoms with Gasteiger partial charge in [-0.15, -0.1) is 5.10 Å². The first kappa shape index (κ1) is 12.0. The second-order valence-electron chi connectivity index (χ2n) is 4.89. The zero-order chi connectivity index (χ0) is 12.6. The van der Waals surface area contributed by atoms with Crippen molar-refractivity contribution in [2.24, 2.45) is 5.73 Å². The molecule has 1 spiro atoms. The molecule has 0 radical (unpaired) electrons. The van der Waals surface area contributed by atoms with E-state index in [1.54, 1.807) is 6.33 Å². The molecule has 0 aliphatic carbocycles. The summed E-state index contributed by atoms with van der Waals surface area (Å²) >= 11 is 4.87. The van der Waals surface area contributed by atoms with Crippen molar-refractivity contribution in [2.75, 3.05) is 19.8 Å². The van der Waals surface area contributed by atoms with Gasteiger partial charge in [0.2, 0.25) is 5.82 Å². The molecule has 0 bridgehead atoms. The van der Waals surface area contributed by atoms with Crippen molar-refractivity contribution in [3.63, 3.8) is 0 Å². The Morgan fingerprint density at radius 1 is 1.56 bits per heavy atom. The van der Waals surface area contributed by atoms with E-state index in [2.05, 4.69) is 10.1 Å². The normalized spacial score (nSPS) is 31.9. The highest BCUT2D eigenvalue weighted by molar-refractivity contribution is 7.80. The summed E-state index contributed by atoms with van der Waals surface area (Å²) in [5.74, 6) is 0.438. The van der Waals surface area contributed by atoms with Crippen LogP contribution in [0.5, 0.6) is 0 Å². The van der Waals surface area contributed by atoms with Crippen LogP contribution < -0.4 is 5.73 Å². The molecule has 98 valence electrons. The van der Waals surface area contributed by atoms with Crippen molar-refractivity contribution in [3.05, 3.63) is 12.2 Å². The van der Waals surface area contributed by atoms with Crippen molar-refractivity contribution in [1.82, 2.24) is 14.8 Å². The molecule has 0 saturated carbocycles. The van der Waals surface area contributed by atoms with Crippen molar-refractivity contribution in [2.45, 2.75) is 30.9 Å². The molecule has 7 heteroatoms. The molecular formula is C11H16N4O2S. The van der Waals surface area contributed by atoms with Crippen LogP contribution in [0.1, 0.15) is 31.1 Å². The summed E-state index contributed by atoms with van der Waals surface area (Å²) in [4.78, 5) is 4.36. The van der Waals surface area contributed by atoms with E-state index in [0.29, 0.717) is 12.4 Å². The number of hydrogen-bond acceptors (Lipinski definition) is 5. The Kier molecular flexibility index (Phi) is 3.04. The van der Waals surface area contributed by atoms with Crippen molar-refractivity contribution in [3.8, 4) is 0 Å². The standard InChI is InChI=1S/C11H16N4O2S/c12-9(18)10-13-7-15(14-10)8-1-3-17-11(5-8)2-4-16-6-11/h7-8H,1-6H2,(H2,12,18). The average Bonchev–Trinajstić information content (AvgIpc) is 2.98. The van der Waals surface area contributed by atoms with E-state index in [1.807, 2.05) is 4.68 Å². The molecule has 2 fully saturated rings. The van der Waals surface area contributed by atoms with E-state index >= 15 is 0 Å². The molecule has 3 rings (SSSR count). The van der Waals surface area contributed by atoms with Gasteiger partial charge in [0.05, 0.1) is 18.2 Å². The van der Waals surface area contributed by atoms with Crippen LogP contribution in [0.15, 0.2) is 6.33 Å². The van der Waals surface area contributed by atoms with Crippen LogP contribution in [0.25, 0.3) is 0 Å². The number of rotatable bonds is 2. The van der Waals surface area contributed by atoms with Crippen molar-refractivity contribution in [1.29, 1.82) is 0 Å². The number of ether oxygens (including phenoxy) is 2. The third-order valence-corrected chi connectivity index (χ3v) is 3.82.